The van der Waals surface area contributed by atoms with Crippen molar-refractivity contribution >= 4 is 5.91 Å². The van der Waals surface area contributed by atoms with Crippen molar-refractivity contribution in [3.8, 4) is 0 Å². The monoisotopic (exact) mass is 224 g/mol. The van der Waals surface area contributed by atoms with E-state index in [-0.39, 0.29) is 17.9 Å². The van der Waals surface area contributed by atoms with E-state index in [1.165, 1.54) is 6.42 Å². The van der Waals surface area contributed by atoms with E-state index in [1.807, 2.05) is 4.90 Å². The smallest absolute Gasteiger partial charge is 0.227 e. The van der Waals surface area contributed by atoms with E-state index in [9.17, 15) is 9.90 Å². The summed E-state index contributed by atoms with van der Waals surface area (Å²) in [5.74, 6) is 0.461. The van der Waals surface area contributed by atoms with Crippen molar-refractivity contribution in [2.45, 2.75) is 50.3 Å². The Morgan fingerprint density at radius 2 is 2.19 bits per heavy atom. The van der Waals surface area contributed by atoms with Crippen LogP contribution < -0.4 is 5.32 Å². The first-order valence-electron chi connectivity index (χ1n) is 6.47. The molecule has 0 radical (unpaired) electrons. The number of rotatable bonds is 1. The average Bonchev–Trinajstić information content (AvgIpc) is 2.89. The zero-order valence-electron chi connectivity index (χ0n) is 9.56. The molecule has 3 aliphatic rings. The number of fused-ring (bicyclic) bond motifs is 2. The standard InChI is InChI=1S/C12H20N2O2/c15-9-2-1-5-14(7-9)12(16)10-6-8-3-4-11(10)13-8/h8-11,13,15H,1-7H2. The molecule has 3 aliphatic heterocycles. The van der Waals surface area contributed by atoms with E-state index in [0.29, 0.717) is 18.6 Å². The molecule has 4 atom stereocenters. The summed E-state index contributed by atoms with van der Waals surface area (Å²) in [4.78, 5) is 14.2. The summed E-state index contributed by atoms with van der Waals surface area (Å²) in [6.45, 7) is 1.39. The topological polar surface area (TPSA) is 52.6 Å². The summed E-state index contributed by atoms with van der Waals surface area (Å²) in [5, 5.41) is 13.1. The highest BCUT2D eigenvalue weighted by atomic mass is 16.3. The van der Waals surface area contributed by atoms with Gasteiger partial charge in [-0.05, 0) is 32.1 Å². The van der Waals surface area contributed by atoms with E-state index < -0.39 is 0 Å². The van der Waals surface area contributed by atoms with Crippen LogP contribution in [0.2, 0.25) is 0 Å². The number of likely N-dealkylation sites (tertiary alicyclic amines) is 1. The molecule has 1 amide bonds. The Morgan fingerprint density at radius 3 is 2.81 bits per heavy atom. The molecule has 0 saturated carbocycles. The van der Waals surface area contributed by atoms with Crippen molar-refractivity contribution in [3.05, 3.63) is 0 Å². The largest absolute Gasteiger partial charge is 0.391 e. The van der Waals surface area contributed by atoms with Gasteiger partial charge in [0.25, 0.3) is 0 Å². The van der Waals surface area contributed by atoms with Gasteiger partial charge < -0.3 is 15.3 Å². The van der Waals surface area contributed by atoms with Gasteiger partial charge in [0, 0.05) is 25.2 Å². The predicted molar refractivity (Wildman–Crippen MR) is 59.9 cm³/mol. The van der Waals surface area contributed by atoms with Gasteiger partial charge in [-0.2, -0.15) is 0 Å². The van der Waals surface area contributed by atoms with Crippen molar-refractivity contribution in [1.29, 1.82) is 0 Å². The minimum Gasteiger partial charge on any atom is -0.391 e. The lowest BCUT2D eigenvalue weighted by molar-refractivity contribution is -0.139. The molecule has 4 heteroatoms. The van der Waals surface area contributed by atoms with Crippen LogP contribution in [0.5, 0.6) is 0 Å². The molecular weight excluding hydrogens is 204 g/mol. The summed E-state index contributed by atoms with van der Waals surface area (Å²) >= 11 is 0. The van der Waals surface area contributed by atoms with Crippen molar-refractivity contribution in [1.82, 2.24) is 10.2 Å². The molecule has 2 N–H and O–H groups in total. The Labute approximate surface area is 96.0 Å². The third-order valence-corrected chi connectivity index (χ3v) is 4.33. The average molecular weight is 224 g/mol. The maximum atomic E-state index is 12.3. The second-order valence-corrected chi connectivity index (χ2v) is 5.47. The fourth-order valence-corrected chi connectivity index (χ4v) is 3.49. The first-order valence-corrected chi connectivity index (χ1v) is 6.47. The fourth-order valence-electron chi connectivity index (χ4n) is 3.49. The third kappa shape index (κ3) is 1.74. The van der Waals surface area contributed by atoms with E-state index in [4.69, 9.17) is 0 Å². The van der Waals surface area contributed by atoms with Gasteiger partial charge >= 0.3 is 0 Å². The van der Waals surface area contributed by atoms with Crippen molar-refractivity contribution in [2.75, 3.05) is 13.1 Å². The maximum absolute atomic E-state index is 12.3. The Balaban J connectivity index is 1.64. The lowest BCUT2D eigenvalue weighted by atomic mass is 9.87. The highest BCUT2D eigenvalue weighted by molar-refractivity contribution is 5.80. The lowest BCUT2D eigenvalue weighted by Crippen LogP contribution is -2.47. The van der Waals surface area contributed by atoms with Gasteiger partial charge in [0.15, 0.2) is 0 Å². The van der Waals surface area contributed by atoms with Crippen LogP contribution in [0.15, 0.2) is 0 Å². The van der Waals surface area contributed by atoms with Gasteiger partial charge in [0.1, 0.15) is 0 Å². The third-order valence-electron chi connectivity index (χ3n) is 4.33. The fraction of sp³-hybridized carbons (Fsp3) is 0.917. The number of amides is 1. The van der Waals surface area contributed by atoms with Crippen molar-refractivity contribution < 1.29 is 9.90 Å². The highest BCUT2D eigenvalue weighted by Gasteiger charge is 2.44. The molecule has 4 nitrogen and oxygen atoms in total. The Hall–Kier alpha value is -0.610. The van der Waals surface area contributed by atoms with Gasteiger partial charge in [0.2, 0.25) is 5.91 Å². The number of carbonyl (C=O) groups is 1. The van der Waals surface area contributed by atoms with Gasteiger partial charge in [-0.15, -0.1) is 0 Å². The highest BCUT2D eigenvalue weighted by Crippen LogP contribution is 2.34. The van der Waals surface area contributed by atoms with Gasteiger partial charge in [0.05, 0.1) is 12.0 Å². The van der Waals surface area contributed by atoms with Crippen LogP contribution in [-0.2, 0) is 4.79 Å². The summed E-state index contributed by atoms with van der Waals surface area (Å²) < 4.78 is 0. The number of β-amino-alcohol motifs (C(OH)–C–C–N with tert-alkyl or cyclic N) is 1. The summed E-state index contributed by atoms with van der Waals surface area (Å²) in [5.41, 5.74) is 0. The quantitative estimate of drug-likeness (QED) is 0.664. The van der Waals surface area contributed by atoms with E-state index >= 15 is 0 Å². The molecule has 3 saturated heterocycles. The second-order valence-electron chi connectivity index (χ2n) is 5.47. The van der Waals surface area contributed by atoms with Crippen LogP contribution in [0, 0.1) is 5.92 Å². The molecule has 0 aliphatic carbocycles. The van der Waals surface area contributed by atoms with E-state index in [0.717, 1.165) is 32.2 Å². The van der Waals surface area contributed by atoms with Crippen molar-refractivity contribution in [3.63, 3.8) is 0 Å². The molecule has 3 fully saturated rings. The summed E-state index contributed by atoms with van der Waals surface area (Å²) in [6, 6.07) is 0.991. The number of nitrogens with one attached hydrogen (secondary N) is 1. The molecule has 2 bridgehead atoms. The molecule has 90 valence electrons. The predicted octanol–water partition coefficient (Wildman–Crippen LogP) is 0.110. The summed E-state index contributed by atoms with van der Waals surface area (Å²) in [7, 11) is 0. The number of nitrogens with zero attached hydrogens (tertiary/aromatic N) is 1. The Bertz CT molecular complexity index is 295. The zero-order valence-corrected chi connectivity index (χ0v) is 9.56. The minimum absolute atomic E-state index is 0.184. The van der Waals surface area contributed by atoms with Gasteiger partial charge in [-0.25, -0.2) is 0 Å². The van der Waals surface area contributed by atoms with Crippen LogP contribution in [0.25, 0.3) is 0 Å². The van der Waals surface area contributed by atoms with Crippen LogP contribution >= 0.6 is 0 Å². The molecule has 3 heterocycles. The van der Waals surface area contributed by atoms with Gasteiger partial charge in [-0.3, -0.25) is 4.79 Å². The Kier molecular flexibility index (Phi) is 2.64. The van der Waals surface area contributed by atoms with Gasteiger partial charge in [-0.1, -0.05) is 0 Å². The SMILES string of the molecule is O=C(C1CC2CCC1N2)N1CCCC(O)C1. The molecule has 0 aromatic carbocycles. The molecular formula is C12H20N2O2. The zero-order chi connectivity index (χ0) is 11.1. The maximum Gasteiger partial charge on any atom is 0.227 e. The molecule has 3 rings (SSSR count). The first-order chi connectivity index (χ1) is 7.74. The number of hydrogen-bond acceptors (Lipinski definition) is 3. The lowest BCUT2D eigenvalue weighted by Gasteiger charge is -2.33. The normalized spacial score (nSPS) is 42.7. The molecule has 4 unspecified atom stereocenters. The number of aliphatic hydroxyl groups is 1. The van der Waals surface area contributed by atoms with Crippen molar-refractivity contribution in [2.24, 2.45) is 5.92 Å². The molecule has 0 aromatic rings. The number of hydrogen-bond donors (Lipinski definition) is 2. The molecule has 16 heavy (non-hydrogen) atoms. The van der Waals surface area contributed by atoms with Crippen LogP contribution in [0.3, 0.4) is 0 Å². The minimum atomic E-state index is -0.302. The van der Waals surface area contributed by atoms with Crippen LogP contribution in [0.1, 0.15) is 32.1 Å². The molecule has 0 spiro atoms. The number of piperidine rings is 1. The number of aliphatic hydroxyl groups excluding tert-OH is 1. The number of carbonyl (C=O) groups excluding carboxylic acids is 1. The van der Waals surface area contributed by atoms with Crippen LogP contribution in [-0.4, -0.2) is 47.2 Å². The van der Waals surface area contributed by atoms with E-state index in [2.05, 4.69) is 5.32 Å². The van der Waals surface area contributed by atoms with E-state index in [1.54, 1.807) is 0 Å². The Morgan fingerprint density at radius 1 is 1.31 bits per heavy atom. The molecule has 0 aromatic heterocycles. The first kappa shape index (κ1) is 10.5. The van der Waals surface area contributed by atoms with Crippen LogP contribution in [0.4, 0.5) is 0 Å². The summed E-state index contributed by atoms with van der Waals surface area (Å²) in [6.07, 6.45) is 4.88. The second kappa shape index (κ2) is 4.00.